The van der Waals surface area contributed by atoms with Crippen molar-refractivity contribution in [3.05, 3.63) is 59.0 Å². The Morgan fingerprint density at radius 3 is 2.57 bits per heavy atom. The molecule has 3 N–H and O–H groups in total. The highest BCUT2D eigenvalue weighted by atomic mass is 16.6. The molecule has 1 saturated heterocycles. The van der Waals surface area contributed by atoms with E-state index in [-0.39, 0.29) is 19.5 Å². The van der Waals surface area contributed by atoms with Crippen LogP contribution in [0.3, 0.4) is 0 Å². The number of guanidine groups is 1. The van der Waals surface area contributed by atoms with Crippen molar-refractivity contribution < 1.29 is 23.9 Å². The van der Waals surface area contributed by atoms with Crippen LogP contribution in [0.25, 0.3) is 10.4 Å². The van der Waals surface area contributed by atoms with Crippen molar-refractivity contribution in [1.82, 2.24) is 15.5 Å². The molecule has 1 heterocycles. The lowest BCUT2D eigenvalue weighted by Crippen LogP contribution is -2.50. The number of likely N-dealkylation sites (tertiary alicyclic amines) is 1. The number of azide groups is 1. The SMILES string of the molecule is C=CC[C@@H]1CN(C(=O)NC(=N)NC(=O)OC(C)(C)C)C[C@]1(N=[N+]=[N-])C(=O)O[C@H](C)c1ccccc1. The fourth-order valence-electron chi connectivity index (χ4n) is 3.67. The molecular weight excluding hydrogens is 454 g/mol. The molecular formula is C23H31N7O5. The first kappa shape index (κ1) is 27.2. The number of amides is 3. The van der Waals surface area contributed by atoms with Crippen molar-refractivity contribution in [3.8, 4) is 0 Å². The normalized spacial score (nSPS) is 20.1. The van der Waals surface area contributed by atoms with Gasteiger partial charge in [-0.3, -0.25) is 20.8 Å². The molecule has 0 bridgehead atoms. The maximum absolute atomic E-state index is 13.3. The molecule has 188 valence electrons. The number of allylic oxidation sites excluding steroid dienone is 1. The lowest BCUT2D eigenvalue weighted by molar-refractivity contribution is -0.156. The number of urea groups is 1. The van der Waals surface area contributed by atoms with Gasteiger partial charge in [0.25, 0.3) is 0 Å². The topological polar surface area (TPSA) is 170 Å². The second-order valence-electron chi connectivity index (χ2n) is 9.11. The molecule has 12 nitrogen and oxygen atoms in total. The van der Waals surface area contributed by atoms with E-state index in [1.54, 1.807) is 45.9 Å². The summed E-state index contributed by atoms with van der Waals surface area (Å²) in [7, 11) is 0. The maximum Gasteiger partial charge on any atom is 0.414 e. The van der Waals surface area contributed by atoms with E-state index in [2.05, 4.69) is 27.2 Å². The summed E-state index contributed by atoms with van der Waals surface area (Å²) in [4.78, 5) is 42.0. The second-order valence-corrected chi connectivity index (χ2v) is 9.11. The Hall–Kier alpha value is -4.05. The molecule has 3 atom stereocenters. The Morgan fingerprint density at radius 1 is 1.34 bits per heavy atom. The van der Waals surface area contributed by atoms with Gasteiger partial charge in [-0.25, -0.2) is 9.59 Å². The average molecular weight is 486 g/mol. The lowest BCUT2D eigenvalue weighted by Gasteiger charge is -2.28. The van der Waals surface area contributed by atoms with Crippen LogP contribution in [0, 0.1) is 11.3 Å². The molecule has 0 aromatic heterocycles. The van der Waals surface area contributed by atoms with Gasteiger partial charge in [0, 0.05) is 23.9 Å². The number of hydrogen-bond acceptors (Lipinski definition) is 7. The van der Waals surface area contributed by atoms with Crippen LogP contribution in [0.4, 0.5) is 9.59 Å². The van der Waals surface area contributed by atoms with Gasteiger partial charge < -0.3 is 14.4 Å². The molecule has 1 aromatic carbocycles. The molecule has 0 spiro atoms. The summed E-state index contributed by atoms with van der Waals surface area (Å²) in [5, 5.41) is 16.0. The summed E-state index contributed by atoms with van der Waals surface area (Å²) in [6.07, 6.45) is 0.308. The number of alkyl carbamates (subject to hydrolysis) is 1. The fourth-order valence-corrected chi connectivity index (χ4v) is 3.67. The predicted molar refractivity (Wildman–Crippen MR) is 128 cm³/mol. The first-order chi connectivity index (χ1) is 16.4. The number of rotatable bonds is 6. The number of hydrogen-bond donors (Lipinski definition) is 3. The molecule has 0 saturated carbocycles. The average Bonchev–Trinajstić information content (AvgIpc) is 3.13. The van der Waals surface area contributed by atoms with Crippen molar-refractivity contribution in [2.75, 3.05) is 13.1 Å². The van der Waals surface area contributed by atoms with Gasteiger partial charge in [0.1, 0.15) is 11.7 Å². The Morgan fingerprint density at radius 2 is 2.00 bits per heavy atom. The minimum absolute atomic E-state index is 0.0331. The number of esters is 1. The zero-order valence-corrected chi connectivity index (χ0v) is 20.3. The molecule has 35 heavy (non-hydrogen) atoms. The first-order valence-corrected chi connectivity index (χ1v) is 11.0. The summed E-state index contributed by atoms with van der Waals surface area (Å²) in [6, 6.07) is 8.30. The highest BCUT2D eigenvalue weighted by Crippen LogP contribution is 2.37. The van der Waals surface area contributed by atoms with Crippen LogP contribution in [0.5, 0.6) is 0 Å². The van der Waals surface area contributed by atoms with Crippen molar-refractivity contribution in [2.24, 2.45) is 11.0 Å². The summed E-state index contributed by atoms with van der Waals surface area (Å²) < 4.78 is 10.7. The van der Waals surface area contributed by atoms with Gasteiger partial charge in [-0.05, 0) is 45.2 Å². The quantitative estimate of drug-likeness (QED) is 0.105. The van der Waals surface area contributed by atoms with Gasteiger partial charge in [0.05, 0.1) is 0 Å². The van der Waals surface area contributed by atoms with Crippen LogP contribution in [-0.4, -0.2) is 53.2 Å². The van der Waals surface area contributed by atoms with E-state index in [1.807, 2.05) is 18.2 Å². The molecule has 0 aliphatic carbocycles. The Labute approximate surface area is 203 Å². The van der Waals surface area contributed by atoms with E-state index < -0.39 is 47.2 Å². The molecule has 2 rings (SSSR count). The molecule has 0 radical (unpaired) electrons. The summed E-state index contributed by atoms with van der Waals surface area (Å²) in [5.74, 6) is -1.98. The lowest BCUT2D eigenvalue weighted by atomic mass is 9.85. The minimum atomic E-state index is -1.69. The highest BCUT2D eigenvalue weighted by molar-refractivity contribution is 6.01. The van der Waals surface area contributed by atoms with Gasteiger partial charge in [-0.2, -0.15) is 0 Å². The Kier molecular flexibility index (Phi) is 8.85. The van der Waals surface area contributed by atoms with E-state index >= 15 is 0 Å². The number of carbonyl (C=O) groups is 3. The van der Waals surface area contributed by atoms with Crippen molar-refractivity contribution >= 4 is 24.1 Å². The molecule has 12 heteroatoms. The predicted octanol–water partition coefficient (Wildman–Crippen LogP) is 4.02. The smallest absolute Gasteiger partial charge is 0.414 e. The standard InChI is InChI=1S/C23H31N7O5/c1-6-10-17-13-30(20(32)26-19(24)27-21(33)35-22(3,4)5)14-23(17,28-29-25)18(31)34-15(2)16-11-8-7-9-12-16/h6-9,11-12,15,17H,1,10,13-14H2,2-5H3,(H3,24,26,27,32,33)/t15-,17-,23-/m1/s1. The third-order valence-electron chi connectivity index (χ3n) is 5.27. The summed E-state index contributed by atoms with van der Waals surface area (Å²) >= 11 is 0. The number of benzene rings is 1. The molecule has 1 aliphatic heterocycles. The Bertz CT molecular complexity index is 1020. The third-order valence-corrected chi connectivity index (χ3v) is 5.27. The largest absolute Gasteiger partial charge is 0.457 e. The highest BCUT2D eigenvalue weighted by Gasteiger charge is 2.54. The van der Waals surface area contributed by atoms with Crippen LogP contribution >= 0.6 is 0 Å². The van der Waals surface area contributed by atoms with Crippen LogP contribution < -0.4 is 10.6 Å². The zero-order chi connectivity index (χ0) is 26.2. The van der Waals surface area contributed by atoms with Crippen LogP contribution in [0.2, 0.25) is 0 Å². The summed E-state index contributed by atoms with van der Waals surface area (Å²) in [5.41, 5.74) is 7.53. The van der Waals surface area contributed by atoms with Gasteiger partial charge in [0.15, 0.2) is 5.54 Å². The van der Waals surface area contributed by atoms with E-state index in [0.717, 1.165) is 5.56 Å². The van der Waals surface area contributed by atoms with E-state index in [9.17, 15) is 19.9 Å². The molecule has 0 unspecified atom stereocenters. The van der Waals surface area contributed by atoms with Gasteiger partial charge in [-0.15, -0.1) is 6.58 Å². The third kappa shape index (κ3) is 7.21. The van der Waals surface area contributed by atoms with Crippen molar-refractivity contribution in [2.45, 2.75) is 51.4 Å². The summed E-state index contributed by atoms with van der Waals surface area (Å²) in [6.45, 7) is 10.1. The molecule has 1 aromatic rings. The Balaban J connectivity index is 2.17. The number of carbonyl (C=O) groups excluding carboxylic acids is 3. The van der Waals surface area contributed by atoms with Crippen molar-refractivity contribution in [1.29, 1.82) is 5.41 Å². The van der Waals surface area contributed by atoms with Crippen LogP contribution in [0.15, 0.2) is 48.1 Å². The molecule has 3 amide bonds. The van der Waals surface area contributed by atoms with E-state index in [4.69, 9.17) is 14.9 Å². The number of ether oxygens (including phenoxy) is 2. The van der Waals surface area contributed by atoms with Gasteiger partial charge >= 0.3 is 18.1 Å². The minimum Gasteiger partial charge on any atom is -0.457 e. The molecule has 1 fully saturated rings. The zero-order valence-electron chi connectivity index (χ0n) is 20.3. The van der Waals surface area contributed by atoms with Gasteiger partial charge in [0.2, 0.25) is 5.96 Å². The maximum atomic E-state index is 13.3. The van der Waals surface area contributed by atoms with Crippen LogP contribution in [-0.2, 0) is 14.3 Å². The number of nitrogens with zero attached hydrogens (tertiary/aromatic N) is 4. The fraction of sp³-hybridized carbons (Fsp3) is 0.478. The number of nitrogens with one attached hydrogen (secondary N) is 3. The first-order valence-electron chi connectivity index (χ1n) is 11.0. The van der Waals surface area contributed by atoms with Crippen LogP contribution in [0.1, 0.15) is 45.8 Å². The van der Waals surface area contributed by atoms with Gasteiger partial charge in [-0.1, -0.05) is 41.5 Å². The monoisotopic (exact) mass is 485 g/mol. The van der Waals surface area contributed by atoms with E-state index in [1.165, 1.54) is 4.90 Å². The molecule has 1 aliphatic rings. The second kappa shape index (κ2) is 11.4. The van der Waals surface area contributed by atoms with E-state index in [0.29, 0.717) is 0 Å². The van der Waals surface area contributed by atoms with Crippen molar-refractivity contribution in [3.63, 3.8) is 0 Å².